The van der Waals surface area contributed by atoms with E-state index in [-0.39, 0.29) is 11.7 Å². The van der Waals surface area contributed by atoms with Crippen LogP contribution in [0.1, 0.15) is 5.56 Å². The Labute approximate surface area is 180 Å². The van der Waals surface area contributed by atoms with Crippen molar-refractivity contribution < 1.29 is 9.21 Å². The van der Waals surface area contributed by atoms with Crippen molar-refractivity contribution in [2.45, 2.75) is 11.7 Å². The Balaban J connectivity index is 1.52. The number of carbonyl (C=O) groups is 1. The maximum Gasteiger partial charge on any atom is 0.234 e. The molecule has 0 bridgehead atoms. The van der Waals surface area contributed by atoms with E-state index in [0.717, 1.165) is 15.7 Å². The van der Waals surface area contributed by atoms with Gasteiger partial charge in [-0.2, -0.15) is 0 Å². The van der Waals surface area contributed by atoms with Crippen molar-refractivity contribution >= 4 is 39.3 Å². The highest BCUT2D eigenvalue weighted by Gasteiger charge is 2.18. The van der Waals surface area contributed by atoms with Gasteiger partial charge in [0.1, 0.15) is 0 Å². The maximum absolute atomic E-state index is 12.4. The number of rotatable bonds is 7. The molecule has 0 fully saturated rings. The van der Waals surface area contributed by atoms with E-state index in [2.05, 4.69) is 31.4 Å². The van der Waals surface area contributed by atoms with Crippen molar-refractivity contribution in [2.75, 3.05) is 11.1 Å². The van der Waals surface area contributed by atoms with E-state index in [0.29, 0.717) is 23.3 Å². The van der Waals surface area contributed by atoms with Crippen molar-refractivity contribution in [1.82, 2.24) is 14.8 Å². The van der Waals surface area contributed by atoms with E-state index in [4.69, 9.17) is 4.42 Å². The van der Waals surface area contributed by atoms with Crippen LogP contribution in [0.5, 0.6) is 0 Å². The first kappa shape index (κ1) is 19.5. The third-order valence-corrected chi connectivity index (χ3v) is 5.78. The average Bonchev–Trinajstić information content (AvgIpc) is 3.39. The average molecular weight is 469 g/mol. The van der Waals surface area contributed by atoms with Crippen LogP contribution in [0.4, 0.5) is 5.69 Å². The van der Waals surface area contributed by atoms with E-state index in [1.54, 1.807) is 6.26 Å². The normalized spacial score (nSPS) is 10.8. The van der Waals surface area contributed by atoms with Gasteiger partial charge in [0.2, 0.25) is 11.7 Å². The van der Waals surface area contributed by atoms with Crippen molar-refractivity contribution in [2.24, 2.45) is 0 Å². The van der Waals surface area contributed by atoms with Gasteiger partial charge in [-0.25, -0.2) is 0 Å². The Morgan fingerprint density at radius 1 is 1.03 bits per heavy atom. The molecule has 0 aliphatic carbocycles. The molecule has 1 amide bonds. The molecule has 2 aromatic carbocycles. The quantitative estimate of drug-likeness (QED) is 0.382. The van der Waals surface area contributed by atoms with Gasteiger partial charge in [-0.1, -0.05) is 54.2 Å². The van der Waals surface area contributed by atoms with E-state index in [1.165, 1.54) is 11.8 Å². The molecular weight excluding hydrogens is 452 g/mol. The fourth-order valence-corrected chi connectivity index (χ4v) is 3.89. The summed E-state index contributed by atoms with van der Waals surface area (Å²) in [6.07, 6.45) is 1.61. The van der Waals surface area contributed by atoms with E-state index in [1.807, 2.05) is 71.3 Å². The SMILES string of the molecule is O=C(CSc1nnc(-c2ccco2)n1Cc1ccccc1)Nc1ccccc1Br. The summed E-state index contributed by atoms with van der Waals surface area (Å²) in [6.45, 7) is 0.581. The van der Waals surface area contributed by atoms with Crippen molar-refractivity contribution in [3.8, 4) is 11.6 Å². The number of hydrogen-bond donors (Lipinski definition) is 1. The van der Waals surface area contributed by atoms with Crippen molar-refractivity contribution in [1.29, 1.82) is 0 Å². The molecule has 2 aromatic heterocycles. The minimum Gasteiger partial charge on any atom is -0.461 e. The number of anilines is 1. The van der Waals surface area contributed by atoms with Crippen LogP contribution in [0.2, 0.25) is 0 Å². The Kier molecular flexibility index (Phi) is 6.12. The topological polar surface area (TPSA) is 73.0 Å². The number of nitrogens with zero attached hydrogens (tertiary/aromatic N) is 3. The standard InChI is InChI=1S/C21H17BrN4O2S/c22-16-9-4-5-10-17(16)23-19(27)14-29-21-25-24-20(18-11-6-12-28-18)26(21)13-15-7-2-1-3-8-15/h1-12H,13-14H2,(H,23,27). The first-order chi connectivity index (χ1) is 14.2. The van der Waals surface area contributed by atoms with Gasteiger partial charge in [0.15, 0.2) is 10.9 Å². The molecule has 4 aromatic rings. The van der Waals surface area contributed by atoms with Gasteiger partial charge >= 0.3 is 0 Å². The highest BCUT2D eigenvalue weighted by molar-refractivity contribution is 9.10. The molecule has 29 heavy (non-hydrogen) atoms. The fourth-order valence-electron chi connectivity index (χ4n) is 2.77. The molecule has 146 valence electrons. The molecule has 4 rings (SSSR count). The van der Waals surface area contributed by atoms with Gasteiger partial charge in [-0.15, -0.1) is 10.2 Å². The van der Waals surface area contributed by atoms with Gasteiger partial charge in [0.05, 0.1) is 24.2 Å². The molecule has 0 radical (unpaired) electrons. The highest BCUT2D eigenvalue weighted by Crippen LogP contribution is 2.26. The monoisotopic (exact) mass is 468 g/mol. The van der Waals surface area contributed by atoms with Gasteiger partial charge in [-0.05, 0) is 45.8 Å². The van der Waals surface area contributed by atoms with Crippen LogP contribution in [0.15, 0.2) is 87.0 Å². The van der Waals surface area contributed by atoms with Crippen LogP contribution in [0, 0.1) is 0 Å². The Bertz CT molecular complexity index is 1100. The minimum absolute atomic E-state index is 0.115. The van der Waals surface area contributed by atoms with Crippen LogP contribution in [0.25, 0.3) is 11.6 Å². The second-order valence-electron chi connectivity index (χ2n) is 6.17. The molecule has 6 nitrogen and oxygen atoms in total. The lowest BCUT2D eigenvalue weighted by Gasteiger charge is -2.10. The third-order valence-electron chi connectivity index (χ3n) is 4.12. The lowest BCUT2D eigenvalue weighted by Crippen LogP contribution is -2.15. The largest absolute Gasteiger partial charge is 0.461 e. The highest BCUT2D eigenvalue weighted by atomic mass is 79.9. The van der Waals surface area contributed by atoms with Crippen molar-refractivity contribution in [3.05, 3.63) is 83.0 Å². The molecule has 0 saturated heterocycles. The number of hydrogen-bond acceptors (Lipinski definition) is 5. The van der Waals surface area contributed by atoms with Gasteiger partial charge < -0.3 is 9.73 Å². The zero-order valence-corrected chi connectivity index (χ0v) is 17.7. The Morgan fingerprint density at radius 3 is 2.59 bits per heavy atom. The lowest BCUT2D eigenvalue weighted by atomic mass is 10.2. The summed E-state index contributed by atoms with van der Waals surface area (Å²) in [6, 6.07) is 21.2. The summed E-state index contributed by atoms with van der Waals surface area (Å²) in [5.74, 6) is 1.37. The molecule has 0 atom stereocenters. The number of aromatic nitrogens is 3. The zero-order chi connectivity index (χ0) is 20.1. The third kappa shape index (κ3) is 4.78. The van der Waals surface area contributed by atoms with Crippen molar-refractivity contribution in [3.63, 3.8) is 0 Å². The van der Waals surface area contributed by atoms with E-state index < -0.39 is 0 Å². The number of furan rings is 1. The maximum atomic E-state index is 12.4. The van der Waals surface area contributed by atoms with Crippen LogP contribution < -0.4 is 5.32 Å². The summed E-state index contributed by atoms with van der Waals surface area (Å²) < 4.78 is 8.31. The number of nitrogens with one attached hydrogen (secondary N) is 1. The Morgan fingerprint density at radius 2 is 1.83 bits per heavy atom. The number of benzene rings is 2. The molecule has 0 saturated carbocycles. The second-order valence-corrected chi connectivity index (χ2v) is 7.97. The van der Waals surface area contributed by atoms with Gasteiger partial charge in [0.25, 0.3) is 0 Å². The number of halogens is 1. The number of carbonyl (C=O) groups excluding carboxylic acids is 1. The number of para-hydroxylation sites is 1. The molecule has 0 unspecified atom stereocenters. The zero-order valence-electron chi connectivity index (χ0n) is 15.3. The predicted octanol–water partition coefficient (Wildman–Crippen LogP) is 5.08. The summed E-state index contributed by atoms with van der Waals surface area (Å²) in [4.78, 5) is 12.4. The molecule has 0 aliphatic heterocycles. The molecule has 8 heteroatoms. The van der Waals surface area contributed by atoms with Gasteiger partial charge in [-0.3, -0.25) is 9.36 Å². The van der Waals surface area contributed by atoms with Crippen LogP contribution in [-0.2, 0) is 11.3 Å². The second kappa shape index (κ2) is 9.11. The van der Waals surface area contributed by atoms with Gasteiger partial charge in [0, 0.05) is 4.47 Å². The van der Waals surface area contributed by atoms with E-state index in [9.17, 15) is 4.79 Å². The summed E-state index contributed by atoms with van der Waals surface area (Å²) in [7, 11) is 0. The molecular formula is C21H17BrN4O2S. The molecule has 0 aliphatic rings. The lowest BCUT2D eigenvalue weighted by molar-refractivity contribution is -0.113. The fraction of sp³-hybridized carbons (Fsp3) is 0.0952. The van der Waals surface area contributed by atoms with E-state index >= 15 is 0 Å². The van der Waals surface area contributed by atoms with Crippen LogP contribution >= 0.6 is 27.7 Å². The smallest absolute Gasteiger partial charge is 0.234 e. The van der Waals surface area contributed by atoms with Crippen LogP contribution in [-0.4, -0.2) is 26.4 Å². The molecule has 1 N–H and O–H groups in total. The number of thioether (sulfide) groups is 1. The minimum atomic E-state index is -0.115. The molecule has 0 spiro atoms. The summed E-state index contributed by atoms with van der Waals surface area (Å²) in [5.41, 5.74) is 1.85. The predicted molar refractivity (Wildman–Crippen MR) is 117 cm³/mol. The summed E-state index contributed by atoms with van der Waals surface area (Å²) >= 11 is 4.77. The Hall–Kier alpha value is -2.84. The first-order valence-corrected chi connectivity index (χ1v) is 10.7. The first-order valence-electron chi connectivity index (χ1n) is 8.89. The summed E-state index contributed by atoms with van der Waals surface area (Å²) in [5, 5.41) is 12.1. The molecule has 2 heterocycles. The van der Waals surface area contributed by atoms with Crippen LogP contribution in [0.3, 0.4) is 0 Å². The number of amides is 1.